The number of nitrogens with zero attached hydrogens (tertiary/aromatic N) is 4. The normalized spacial score (nSPS) is 14.1. The topological polar surface area (TPSA) is 40.7 Å². The van der Waals surface area contributed by atoms with Crippen molar-refractivity contribution in [3.8, 4) is 22.3 Å². The predicted molar refractivity (Wildman–Crippen MR) is 281 cm³/mol. The molecule has 5 nitrogen and oxygen atoms in total. The second-order valence-electron chi connectivity index (χ2n) is 19.6. The molecule has 7 aromatic rings. The molecule has 67 heavy (non-hydrogen) atoms. The largest absolute Gasteiger partial charge is 0.683 e. The van der Waals surface area contributed by atoms with Gasteiger partial charge in [0.1, 0.15) is 0 Å². The van der Waals surface area contributed by atoms with Gasteiger partial charge in [-0.1, -0.05) is 238 Å². The van der Waals surface area contributed by atoms with Crippen molar-refractivity contribution in [1.82, 2.24) is 0 Å². The Morgan fingerprint density at radius 1 is 0.537 bits per heavy atom. The number of para-hydroxylation sites is 4. The van der Waals surface area contributed by atoms with Crippen LogP contribution in [0.25, 0.3) is 27.5 Å². The summed E-state index contributed by atoms with van der Waals surface area (Å²) in [5, 5.41) is 5.18. The molecule has 0 aliphatic carbocycles. The first kappa shape index (κ1) is 49.0. The number of benzene rings is 7. The zero-order valence-electron chi connectivity index (χ0n) is 40.8. The predicted octanol–water partition coefficient (Wildman–Crippen LogP) is 15.4. The van der Waals surface area contributed by atoms with E-state index in [1.807, 2.05) is 4.90 Å². The second kappa shape index (κ2) is 20.9. The first-order chi connectivity index (χ1) is 31.8. The minimum absolute atomic E-state index is 0. The number of carbonyl (C=O) groups is 1. The van der Waals surface area contributed by atoms with Gasteiger partial charge >= 0.3 is 0 Å². The summed E-state index contributed by atoms with van der Waals surface area (Å²) >= 11 is 0. The van der Waals surface area contributed by atoms with Crippen LogP contribution in [0.15, 0.2) is 170 Å². The van der Waals surface area contributed by atoms with E-state index in [2.05, 4.69) is 255 Å². The van der Waals surface area contributed by atoms with Crippen molar-refractivity contribution in [3.63, 3.8) is 0 Å². The van der Waals surface area contributed by atoms with Crippen LogP contribution in [0.4, 0.5) is 28.4 Å². The summed E-state index contributed by atoms with van der Waals surface area (Å²) < 4.78 is 2.23. The molecule has 7 heteroatoms. The number of anilines is 3. The van der Waals surface area contributed by atoms with E-state index in [-0.39, 0.29) is 35.3 Å². The van der Waals surface area contributed by atoms with E-state index >= 15 is 0 Å². The molecule has 0 bridgehead atoms. The van der Waals surface area contributed by atoms with Gasteiger partial charge in [-0.2, -0.15) is 0 Å². The average molecular weight is 1060 g/mol. The molecule has 2 heterocycles. The van der Waals surface area contributed by atoms with Gasteiger partial charge in [-0.3, -0.25) is 4.90 Å². The van der Waals surface area contributed by atoms with Gasteiger partial charge in [-0.05, 0) is 63.1 Å². The van der Waals surface area contributed by atoms with Crippen LogP contribution in [0.1, 0.15) is 115 Å². The van der Waals surface area contributed by atoms with Crippen LogP contribution in [0.5, 0.6) is 0 Å². The molecule has 7 aromatic carbocycles. The quantitative estimate of drug-likeness (QED) is 0.0778. The second-order valence-corrected chi connectivity index (χ2v) is 19.6. The summed E-state index contributed by atoms with van der Waals surface area (Å²) in [5.74, 6) is 1.48. The van der Waals surface area contributed by atoms with Gasteiger partial charge in [-0.15, -0.1) is 5.69 Å². The summed E-state index contributed by atoms with van der Waals surface area (Å²) in [6, 6.07) is 60.0. The van der Waals surface area contributed by atoms with Crippen LogP contribution < -0.4 is 15.2 Å². The van der Waals surface area contributed by atoms with E-state index in [0.717, 1.165) is 17.1 Å². The first-order valence-electron chi connectivity index (χ1n) is 23.8. The van der Waals surface area contributed by atoms with Crippen molar-refractivity contribution in [2.45, 2.75) is 92.9 Å². The van der Waals surface area contributed by atoms with Crippen LogP contribution in [-0.2, 0) is 27.2 Å². The maximum atomic E-state index is 13.8. The van der Waals surface area contributed by atoms with E-state index in [1.54, 1.807) is 0 Å². The smallest absolute Gasteiger partial charge is 0.247 e. The molecule has 0 saturated carbocycles. The number of amides is 1. The summed E-state index contributed by atoms with van der Waals surface area (Å²) in [7, 11) is 0. The Balaban J connectivity index is 0.000000196. The molecule has 0 fully saturated rings. The van der Waals surface area contributed by atoms with Gasteiger partial charge in [-0.25, -0.2) is 0 Å². The SMILES string of the molecule is CC(C)c1cccc(C(C)C)c1N1[C-]=[N+](c2c(C(C)C)cccc2C(C)C)CC(C)(C)C1=O.[Au].c1ccc(B2[N-]c3ccccc3N2c2c(-c3ccccc3)cccc2-c2ccccc2)cc1. The summed E-state index contributed by atoms with van der Waals surface area (Å²) in [6.45, 7) is 22.4. The Bertz CT molecular complexity index is 2730. The molecule has 0 atom stereocenters. The Hall–Kier alpha value is -5.91. The molecule has 0 unspecified atom stereocenters. The van der Waals surface area contributed by atoms with Crippen LogP contribution in [0.2, 0.25) is 0 Å². The van der Waals surface area contributed by atoms with Crippen LogP contribution in [-0.4, -0.2) is 30.3 Å². The Morgan fingerprint density at radius 3 is 1.46 bits per heavy atom. The Labute approximate surface area is 416 Å². The number of fused-ring (bicyclic) bond motifs is 1. The van der Waals surface area contributed by atoms with Crippen LogP contribution in [0.3, 0.4) is 0 Å². The third-order valence-electron chi connectivity index (χ3n) is 12.9. The van der Waals surface area contributed by atoms with Gasteiger partial charge < -0.3 is 19.4 Å². The minimum Gasteiger partial charge on any atom is -0.683 e. The maximum absolute atomic E-state index is 13.8. The minimum atomic E-state index is -0.540. The molecule has 345 valence electrons. The van der Waals surface area contributed by atoms with Crippen molar-refractivity contribution < 1.29 is 31.8 Å². The third-order valence-corrected chi connectivity index (χ3v) is 12.9. The first-order valence-corrected chi connectivity index (χ1v) is 23.8. The van der Waals surface area contributed by atoms with Crippen molar-refractivity contribution in [2.75, 3.05) is 16.3 Å². The third kappa shape index (κ3) is 10.0. The number of hydrogen-bond donors (Lipinski definition) is 0. The van der Waals surface area contributed by atoms with Gasteiger partial charge in [0.15, 0.2) is 6.98 Å². The van der Waals surface area contributed by atoms with E-state index in [0.29, 0.717) is 30.2 Å². The van der Waals surface area contributed by atoms with Gasteiger partial charge in [0.2, 0.25) is 12.2 Å². The number of carbonyl (C=O) groups excluding carboxylic acids is 1. The summed E-state index contributed by atoms with van der Waals surface area (Å²) in [5.41, 5.74) is 16.0. The van der Waals surface area contributed by atoms with E-state index < -0.39 is 5.41 Å². The fraction of sp³-hybridized carbons (Fsp3) is 0.267. The maximum Gasteiger partial charge on any atom is 0.247 e. The van der Waals surface area contributed by atoms with Crippen molar-refractivity contribution in [3.05, 3.63) is 197 Å². The van der Waals surface area contributed by atoms with Gasteiger partial charge in [0.05, 0.1) is 23.3 Å². The fourth-order valence-corrected chi connectivity index (χ4v) is 9.54. The molecule has 1 amide bonds. The van der Waals surface area contributed by atoms with E-state index in [1.165, 1.54) is 61.3 Å². The molecule has 0 aromatic heterocycles. The molecular weight excluding hydrogens is 1000 g/mol. The van der Waals surface area contributed by atoms with E-state index in [9.17, 15) is 4.79 Å². The standard InChI is InChI=1S/C30H22BN2.C30H42N2O.Au/c1-4-13-23(14-5-1)26-19-12-20-27(24-15-6-2-7-16-24)30(26)33-29-22-11-10-21-28(29)32-31(33)25-17-8-3-9-18-25;1-19(2)23-13-11-14-24(20(3)4)27(23)31-17-30(9,10)29(33)32(18-31)28-25(21(5)6)15-12-16-26(28)22(7)8;/h1-22H;11-16,19-22H,17H2,1-10H3;/q-1;;. The fourth-order valence-electron chi connectivity index (χ4n) is 9.54. The van der Waals surface area contributed by atoms with E-state index in [4.69, 9.17) is 5.23 Å². The Kier molecular flexibility index (Phi) is 15.3. The summed E-state index contributed by atoms with van der Waals surface area (Å²) in [6.07, 6.45) is 3.59. The van der Waals surface area contributed by atoms with Crippen LogP contribution >= 0.6 is 0 Å². The molecule has 0 spiro atoms. The van der Waals surface area contributed by atoms with Gasteiger partial charge in [0.25, 0.3) is 0 Å². The monoisotopic (exact) mass is 1060 g/mol. The number of hydrogen-bond acceptors (Lipinski definition) is 2. The molecule has 0 N–H and O–H groups in total. The number of rotatable bonds is 10. The summed E-state index contributed by atoms with van der Waals surface area (Å²) in [4.78, 5) is 18.1. The Morgan fingerprint density at radius 2 is 0.970 bits per heavy atom. The molecule has 2 aliphatic rings. The van der Waals surface area contributed by atoms with Crippen molar-refractivity contribution >= 4 is 53.1 Å². The molecule has 0 saturated heterocycles. The average Bonchev–Trinajstić information content (AvgIpc) is 3.72. The van der Waals surface area contributed by atoms with Gasteiger partial charge in [0, 0.05) is 44.9 Å². The zero-order valence-corrected chi connectivity index (χ0v) is 42.9. The molecule has 9 rings (SSSR count). The molecule has 1 radical (unpaired) electrons. The zero-order chi connectivity index (χ0) is 46.7. The molecular formula is C60H64AuBN4O-. The van der Waals surface area contributed by atoms with Crippen molar-refractivity contribution in [2.24, 2.45) is 5.41 Å². The molecule has 2 aliphatic heterocycles. The van der Waals surface area contributed by atoms with Crippen LogP contribution in [0, 0.1) is 5.41 Å². The van der Waals surface area contributed by atoms with Crippen molar-refractivity contribution in [1.29, 1.82) is 0 Å².